The molecule has 3 heteroatoms. The van der Waals surface area contributed by atoms with Gasteiger partial charge in [0.2, 0.25) is 0 Å². The first kappa shape index (κ1) is 15.2. The van der Waals surface area contributed by atoms with Crippen LogP contribution in [0.15, 0.2) is 35.5 Å². The fourth-order valence-corrected chi connectivity index (χ4v) is 1.03. The van der Waals surface area contributed by atoms with Crippen molar-refractivity contribution in [1.29, 1.82) is 0 Å². The van der Waals surface area contributed by atoms with Gasteiger partial charge < -0.3 is 0 Å². The Hall–Kier alpha value is 0.228. The van der Waals surface area contributed by atoms with E-state index in [1.165, 1.54) is 11.1 Å². The zero-order valence-electron chi connectivity index (χ0n) is 8.89. The van der Waals surface area contributed by atoms with Crippen molar-refractivity contribution in [2.24, 2.45) is 0 Å². The third-order valence-corrected chi connectivity index (χ3v) is 1.73. The molecule has 0 spiro atoms. The fraction of sp³-hybridized carbons (Fsp3) is 0.333. The van der Waals surface area contributed by atoms with Gasteiger partial charge in [0, 0.05) is 0 Å². The van der Waals surface area contributed by atoms with E-state index in [1.54, 1.807) is 0 Å². The maximum atomic E-state index is 4.93. The van der Waals surface area contributed by atoms with E-state index in [9.17, 15) is 0 Å². The van der Waals surface area contributed by atoms with E-state index >= 15 is 0 Å². The molecule has 0 radical (unpaired) electrons. The average Bonchev–Trinajstić information content (AvgIpc) is 2.81. The first-order valence-corrected chi connectivity index (χ1v) is 11.8. The Balaban J connectivity index is 0.000000210. The summed E-state index contributed by atoms with van der Waals surface area (Å²) in [7, 11) is 9.86. The van der Waals surface area contributed by atoms with Crippen LogP contribution in [0.3, 0.4) is 0 Å². The number of hydrogen-bond acceptors (Lipinski definition) is 0. The molecule has 0 saturated carbocycles. The van der Waals surface area contributed by atoms with Gasteiger partial charge in [0.25, 0.3) is 0 Å². The molecule has 2 rings (SSSR count). The van der Waals surface area contributed by atoms with Crippen LogP contribution in [0.1, 0.15) is 26.7 Å². The van der Waals surface area contributed by atoms with Gasteiger partial charge in [0.1, 0.15) is 0 Å². The van der Waals surface area contributed by atoms with Gasteiger partial charge in [-0.25, -0.2) is 23.3 Å². The molecular formula is C12H14Cl2W-2. The van der Waals surface area contributed by atoms with Crippen molar-refractivity contribution >= 4 is 18.8 Å². The second kappa shape index (κ2) is 10.7. The quantitative estimate of drug-likeness (QED) is 0.503. The van der Waals surface area contributed by atoms with E-state index in [2.05, 4.69) is 50.3 Å². The van der Waals surface area contributed by atoms with E-state index in [1.807, 2.05) is 0 Å². The summed E-state index contributed by atoms with van der Waals surface area (Å²) in [6, 6.07) is 0. The Kier molecular flexibility index (Phi) is 10.9. The minimum absolute atomic E-state index is 0.806. The Morgan fingerprint density at radius 1 is 1.00 bits per heavy atom. The molecule has 0 aliphatic heterocycles. The molecular weight excluding hydrogens is 399 g/mol. The Morgan fingerprint density at radius 2 is 1.33 bits per heavy atom. The molecule has 2 aliphatic carbocycles. The minimum atomic E-state index is -0.806. The topological polar surface area (TPSA) is 0 Å². The number of allylic oxidation sites excluding steroid dienone is 8. The molecule has 0 saturated heterocycles. The number of hydrogen-bond donors (Lipinski definition) is 0. The maximum absolute atomic E-state index is 4.93. The van der Waals surface area contributed by atoms with Crippen LogP contribution in [0, 0.1) is 12.2 Å². The predicted octanol–water partition coefficient (Wildman–Crippen LogP) is 4.77. The van der Waals surface area contributed by atoms with Crippen LogP contribution in [0.5, 0.6) is 0 Å². The summed E-state index contributed by atoms with van der Waals surface area (Å²) in [5.74, 6) is 0. The van der Waals surface area contributed by atoms with Crippen LogP contribution in [-0.4, -0.2) is 0 Å². The first-order chi connectivity index (χ1) is 7.20. The van der Waals surface area contributed by atoms with Gasteiger partial charge in [-0.1, -0.05) is 13.8 Å². The van der Waals surface area contributed by atoms with Crippen molar-refractivity contribution in [1.82, 2.24) is 0 Å². The average molecular weight is 413 g/mol. The van der Waals surface area contributed by atoms with Gasteiger partial charge in [-0.15, -0.1) is 12.8 Å². The van der Waals surface area contributed by atoms with Gasteiger partial charge in [0.15, 0.2) is 0 Å². The van der Waals surface area contributed by atoms with Crippen LogP contribution < -0.4 is 0 Å². The third-order valence-electron chi connectivity index (χ3n) is 1.73. The number of halogens is 2. The van der Waals surface area contributed by atoms with Crippen LogP contribution >= 0.6 is 18.8 Å². The molecule has 0 N–H and O–H groups in total. The molecule has 0 fully saturated rings. The third kappa shape index (κ3) is 10.5. The van der Waals surface area contributed by atoms with E-state index in [0.717, 1.165) is 12.8 Å². The van der Waals surface area contributed by atoms with Crippen LogP contribution in [0.4, 0.5) is 0 Å². The molecule has 84 valence electrons. The van der Waals surface area contributed by atoms with Crippen molar-refractivity contribution in [2.75, 3.05) is 0 Å². The fourth-order valence-electron chi connectivity index (χ4n) is 1.03. The molecule has 0 bridgehead atoms. The molecule has 0 nitrogen and oxygen atoms in total. The molecule has 15 heavy (non-hydrogen) atoms. The van der Waals surface area contributed by atoms with E-state index in [0.29, 0.717) is 0 Å². The van der Waals surface area contributed by atoms with E-state index in [4.69, 9.17) is 18.8 Å². The summed E-state index contributed by atoms with van der Waals surface area (Å²) in [4.78, 5) is 0. The summed E-state index contributed by atoms with van der Waals surface area (Å²) in [5.41, 5.74) is 2.55. The van der Waals surface area contributed by atoms with Gasteiger partial charge in [-0.2, -0.15) is 12.2 Å². The molecule has 0 aromatic carbocycles. The second-order valence-corrected chi connectivity index (χ2v) is 7.23. The Morgan fingerprint density at radius 3 is 1.40 bits per heavy atom. The molecule has 0 unspecified atom stereocenters. The van der Waals surface area contributed by atoms with E-state index in [-0.39, 0.29) is 0 Å². The molecule has 0 aromatic rings. The monoisotopic (exact) mass is 412 g/mol. The van der Waals surface area contributed by atoms with Crippen molar-refractivity contribution in [3.05, 3.63) is 47.6 Å². The zero-order chi connectivity index (χ0) is 11.5. The van der Waals surface area contributed by atoms with Gasteiger partial charge in [-0.05, 0) is 0 Å². The second-order valence-electron chi connectivity index (χ2n) is 2.99. The molecule has 0 heterocycles. The van der Waals surface area contributed by atoms with Crippen molar-refractivity contribution in [2.45, 2.75) is 26.7 Å². The van der Waals surface area contributed by atoms with Crippen molar-refractivity contribution < 1.29 is 16.5 Å². The van der Waals surface area contributed by atoms with Crippen molar-refractivity contribution in [3.63, 3.8) is 0 Å². The number of rotatable bonds is 0. The molecule has 0 atom stereocenters. The van der Waals surface area contributed by atoms with Gasteiger partial charge in [-0.3, -0.25) is 12.2 Å². The van der Waals surface area contributed by atoms with Gasteiger partial charge in [0.05, 0.1) is 0 Å². The van der Waals surface area contributed by atoms with Crippen LogP contribution in [0.2, 0.25) is 0 Å². The summed E-state index contributed by atoms with van der Waals surface area (Å²) in [6.07, 6.45) is 16.7. The first-order valence-electron chi connectivity index (χ1n) is 4.58. The predicted molar refractivity (Wildman–Crippen MR) is 64.1 cm³/mol. The summed E-state index contributed by atoms with van der Waals surface area (Å²) < 4.78 is 0. The van der Waals surface area contributed by atoms with Crippen LogP contribution in [0.25, 0.3) is 0 Å². The van der Waals surface area contributed by atoms with E-state index < -0.39 is 16.5 Å². The van der Waals surface area contributed by atoms with Gasteiger partial charge >= 0.3 is 35.3 Å². The Labute approximate surface area is 109 Å². The molecule has 0 aromatic heterocycles. The standard InChI is InChI=1S/2C6H7.2ClH.W/c2*1-6-4-2-3-5-6;;;/h2*2,4H,3H2,1H3;2*1H;/q2*-1;;;+2/p-2. The SMILES string of the molecule is CC1=[C-]CC=C1.CC1=[C-]CC=C1.[Cl][W][Cl]. The van der Waals surface area contributed by atoms with Crippen LogP contribution in [-0.2, 0) is 16.5 Å². The van der Waals surface area contributed by atoms with Crippen molar-refractivity contribution in [3.8, 4) is 0 Å². The summed E-state index contributed by atoms with van der Waals surface area (Å²) in [6.45, 7) is 4.12. The zero-order valence-corrected chi connectivity index (χ0v) is 13.3. The normalized spacial score (nSPS) is 16.0. The summed E-state index contributed by atoms with van der Waals surface area (Å²) in [5, 5.41) is 0. The summed E-state index contributed by atoms with van der Waals surface area (Å²) >= 11 is -0.806. The molecule has 2 aliphatic rings. The Bertz CT molecular complexity index is 242. The molecule has 0 amide bonds.